The van der Waals surface area contributed by atoms with Gasteiger partial charge in [0.2, 0.25) is 0 Å². The molecule has 1 amide bonds. The second kappa shape index (κ2) is 7.55. The van der Waals surface area contributed by atoms with E-state index >= 15 is 0 Å². The molecular formula is C16H22ClNO3. The van der Waals surface area contributed by atoms with Crippen molar-refractivity contribution in [2.45, 2.75) is 31.7 Å². The van der Waals surface area contributed by atoms with E-state index < -0.39 is 0 Å². The molecular weight excluding hydrogens is 290 g/mol. The van der Waals surface area contributed by atoms with Crippen LogP contribution in [0, 0.1) is 0 Å². The van der Waals surface area contributed by atoms with E-state index in [1.54, 1.807) is 26.4 Å². The summed E-state index contributed by atoms with van der Waals surface area (Å²) in [6.07, 6.45) is 3.99. The number of hydrogen-bond donors (Lipinski definition) is 0. The SMILES string of the molecule is COc1cccc(C(=O)N2CCCC2CCCCl)c1OC. The third-order valence-electron chi connectivity index (χ3n) is 3.94. The average molecular weight is 312 g/mol. The first-order valence-corrected chi connectivity index (χ1v) is 7.84. The van der Waals surface area contributed by atoms with Crippen LogP contribution in [0.3, 0.4) is 0 Å². The van der Waals surface area contributed by atoms with Crippen molar-refractivity contribution in [2.75, 3.05) is 26.6 Å². The summed E-state index contributed by atoms with van der Waals surface area (Å²) in [5.41, 5.74) is 0.564. The molecule has 1 aromatic rings. The highest BCUT2D eigenvalue weighted by Gasteiger charge is 2.31. The molecule has 1 aliphatic heterocycles. The lowest BCUT2D eigenvalue weighted by atomic mass is 10.1. The minimum atomic E-state index is 0.0165. The Hall–Kier alpha value is -1.42. The Labute approximate surface area is 131 Å². The van der Waals surface area contributed by atoms with Gasteiger partial charge < -0.3 is 14.4 Å². The second-order valence-electron chi connectivity index (χ2n) is 5.17. The number of nitrogens with zero attached hydrogens (tertiary/aromatic N) is 1. The molecule has 1 atom stereocenters. The largest absolute Gasteiger partial charge is 0.493 e. The van der Waals surface area contributed by atoms with Crippen LogP contribution in [-0.2, 0) is 0 Å². The van der Waals surface area contributed by atoms with Crippen LogP contribution >= 0.6 is 11.6 Å². The number of benzene rings is 1. The fourth-order valence-corrected chi connectivity index (χ4v) is 3.08. The molecule has 5 heteroatoms. The third-order valence-corrected chi connectivity index (χ3v) is 4.21. The third kappa shape index (κ3) is 3.43. The molecule has 0 radical (unpaired) electrons. The van der Waals surface area contributed by atoms with Crippen LogP contribution in [0.5, 0.6) is 11.5 Å². The van der Waals surface area contributed by atoms with Gasteiger partial charge in [-0.3, -0.25) is 4.79 Å². The zero-order chi connectivity index (χ0) is 15.2. The highest BCUT2D eigenvalue weighted by atomic mass is 35.5. The number of carbonyl (C=O) groups is 1. The maximum Gasteiger partial charge on any atom is 0.258 e. The smallest absolute Gasteiger partial charge is 0.258 e. The first-order valence-electron chi connectivity index (χ1n) is 7.30. The summed E-state index contributed by atoms with van der Waals surface area (Å²) in [5.74, 6) is 1.75. The number of rotatable bonds is 6. The molecule has 0 saturated carbocycles. The van der Waals surface area contributed by atoms with Crippen molar-refractivity contribution >= 4 is 17.5 Å². The highest BCUT2D eigenvalue weighted by Crippen LogP contribution is 2.33. The summed E-state index contributed by atoms with van der Waals surface area (Å²) >= 11 is 5.77. The molecule has 1 heterocycles. The van der Waals surface area contributed by atoms with Crippen molar-refractivity contribution in [3.8, 4) is 11.5 Å². The number of likely N-dealkylation sites (tertiary alicyclic amines) is 1. The van der Waals surface area contributed by atoms with E-state index in [1.165, 1.54) is 0 Å². The standard InChI is InChI=1S/C16H22ClNO3/c1-20-14-9-3-8-13(15(14)21-2)16(19)18-11-5-7-12(18)6-4-10-17/h3,8-9,12H,4-7,10-11H2,1-2H3. The number of para-hydroxylation sites is 1. The first kappa shape index (κ1) is 16.0. The number of hydrogen-bond acceptors (Lipinski definition) is 3. The molecule has 0 aliphatic carbocycles. The second-order valence-corrected chi connectivity index (χ2v) is 5.54. The molecule has 2 rings (SSSR count). The van der Waals surface area contributed by atoms with E-state index in [-0.39, 0.29) is 11.9 Å². The van der Waals surface area contributed by atoms with Crippen LogP contribution in [0.25, 0.3) is 0 Å². The summed E-state index contributed by atoms with van der Waals surface area (Å²) < 4.78 is 10.6. The van der Waals surface area contributed by atoms with E-state index in [1.807, 2.05) is 11.0 Å². The van der Waals surface area contributed by atoms with Gasteiger partial charge in [-0.25, -0.2) is 0 Å². The molecule has 1 aliphatic rings. The number of ether oxygens (including phenoxy) is 2. The van der Waals surface area contributed by atoms with Gasteiger partial charge in [0.25, 0.3) is 5.91 Å². The summed E-state index contributed by atoms with van der Waals surface area (Å²) in [6.45, 7) is 0.798. The van der Waals surface area contributed by atoms with E-state index in [4.69, 9.17) is 21.1 Å². The maximum atomic E-state index is 12.8. The molecule has 1 saturated heterocycles. The highest BCUT2D eigenvalue weighted by molar-refractivity contribution is 6.17. The molecule has 1 unspecified atom stereocenters. The van der Waals surface area contributed by atoms with E-state index in [0.717, 1.165) is 32.2 Å². The average Bonchev–Trinajstić information content (AvgIpc) is 2.99. The van der Waals surface area contributed by atoms with E-state index in [2.05, 4.69) is 0 Å². The lowest BCUT2D eigenvalue weighted by Crippen LogP contribution is -2.35. The van der Waals surface area contributed by atoms with Crippen LogP contribution in [0.4, 0.5) is 0 Å². The van der Waals surface area contributed by atoms with Crippen molar-refractivity contribution in [3.63, 3.8) is 0 Å². The van der Waals surface area contributed by atoms with Gasteiger partial charge in [0, 0.05) is 18.5 Å². The molecule has 0 bridgehead atoms. The fraction of sp³-hybridized carbons (Fsp3) is 0.562. The number of alkyl halides is 1. The Balaban J connectivity index is 2.23. The normalized spacial score (nSPS) is 17.9. The van der Waals surface area contributed by atoms with Gasteiger partial charge in [-0.2, -0.15) is 0 Å². The van der Waals surface area contributed by atoms with Crippen molar-refractivity contribution in [3.05, 3.63) is 23.8 Å². The number of methoxy groups -OCH3 is 2. The molecule has 0 spiro atoms. The Morgan fingerprint density at radius 3 is 2.86 bits per heavy atom. The van der Waals surface area contributed by atoms with Crippen LogP contribution < -0.4 is 9.47 Å². The lowest BCUT2D eigenvalue weighted by molar-refractivity contribution is 0.0726. The summed E-state index contributed by atoms with van der Waals surface area (Å²) in [4.78, 5) is 14.8. The van der Waals surface area contributed by atoms with Crippen molar-refractivity contribution < 1.29 is 14.3 Å². The first-order chi connectivity index (χ1) is 10.2. The van der Waals surface area contributed by atoms with Gasteiger partial charge in [0.1, 0.15) is 0 Å². The summed E-state index contributed by atoms with van der Waals surface area (Å²) in [6, 6.07) is 5.69. The summed E-state index contributed by atoms with van der Waals surface area (Å²) in [7, 11) is 3.13. The van der Waals surface area contributed by atoms with Gasteiger partial charge in [0.05, 0.1) is 19.8 Å². The van der Waals surface area contributed by atoms with Crippen molar-refractivity contribution in [1.29, 1.82) is 0 Å². The predicted octanol–water partition coefficient (Wildman–Crippen LogP) is 3.33. The molecule has 0 aromatic heterocycles. The van der Waals surface area contributed by atoms with Crippen molar-refractivity contribution in [2.24, 2.45) is 0 Å². The zero-order valence-corrected chi connectivity index (χ0v) is 13.4. The minimum Gasteiger partial charge on any atom is -0.493 e. The van der Waals surface area contributed by atoms with Crippen LogP contribution in [0.2, 0.25) is 0 Å². The molecule has 4 nitrogen and oxygen atoms in total. The Bertz CT molecular complexity index is 492. The molecule has 116 valence electrons. The van der Waals surface area contributed by atoms with Gasteiger partial charge in [-0.05, 0) is 37.8 Å². The lowest BCUT2D eigenvalue weighted by Gasteiger charge is -2.25. The van der Waals surface area contributed by atoms with Gasteiger partial charge in [-0.15, -0.1) is 11.6 Å². The van der Waals surface area contributed by atoms with E-state index in [9.17, 15) is 4.79 Å². The number of amides is 1. The molecule has 1 aromatic carbocycles. The monoisotopic (exact) mass is 311 g/mol. The van der Waals surface area contributed by atoms with Crippen molar-refractivity contribution in [1.82, 2.24) is 4.90 Å². The Morgan fingerprint density at radius 1 is 1.38 bits per heavy atom. The molecule has 21 heavy (non-hydrogen) atoms. The minimum absolute atomic E-state index is 0.0165. The number of carbonyl (C=O) groups excluding carboxylic acids is 1. The van der Waals surface area contributed by atoms with E-state index in [0.29, 0.717) is 22.9 Å². The Kier molecular flexibility index (Phi) is 5.74. The molecule has 1 fully saturated rings. The summed E-state index contributed by atoms with van der Waals surface area (Å²) in [5, 5.41) is 0. The molecule has 0 N–H and O–H groups in total. The quantitative estimate of drug-likeness (QED) is 0.756. The van der Waals surface area contributed by atoms with Crippen LogP contribution in [0.1, 0.15) is 36.0 Å². The number of halogens is 1. The topological polar surface area (TPSA) is 38.8 Å². The van der Waals surface area contributed by atoms with Gasteiger partial charge >= 0.3 is 0 Å². The van der Waals surface area contributed by atoms with Gasteiger partial charge in [0.15, 0.2) is 11.5 Å². The Morgan fingerprint density at radius 2 is 2.19 bits per heavy atom. The fourth-order valence-electron chi connectivity index (χ4n) is 2.93. The van der Waals surface area contributed by atoms with Crippen LogP contribution in [0.15, 0.2) is 18.2 Å². The predicted molar refractivity (Wildman–Crippen MR) is 83.6 cm³/mol. The zero-order valence-electron chi connectivity index (χ0n) is 12.6. The van der Waals surface area contributed by atoms with Gasteiger partial charge in [-0.1, -0.05) is 6.07 Å². The maximum absolute atomic E-state index is 12.8. The van der Waals surface area contributed by atoms with Crippen LogP contribution in [-0.4, -0.2) is 43.5 Å².